The maximum absolute atomic E-state index is 11.4. The predicted molar refractivity (Wildman–Crippen MR) is 101 cm³/mol. The van der Waals surface area contributed by atoms with Gasteiger partial charge in [0.15, 0.2) is 0 Å². The number of fused-ring (bicyclic) bond motifs is 1. The molecule has 0 radical (unpaired) electrons. The molecule has 0 saturated heterocycles. The molecule has 4 rings (SSSR count). The first kappa shape index (κ1) is 16.0. The van der Waals surface area contributed by atoms with Crippen molar-refractivity contribution in [3.05, 3.63) is 65.4 Å². The molecule has 2 heterocycles. The van der Waals surface area contributed by atoms with Gasteiger partial charge in [-0.3, -0.25) is 5.43 Å². The van der Waals surface area contributed by atoms with Crippen molar-refractivity contribution < 1.29 is 9.53 Å². The topological polar surface area (TPSA) is 92.5 Å². The Bertz CT molecular complexity index is 993. The molecule has 6 heteroatoms. The van der Waals surface area contributed by atoms with Gasteiger partial charge in [-0.25, -0.2) is 0 Å². The van der Waals surface area contributed by atoms with E-state index >= 15 is 0 Å². The van der Waals surface area contributed by atoms with E-state index in [9.17, 15) is 4.79 Å². The van der Waals surface area contributed by atoms with Crippen molar-refractivity contribution in [2.45, 2.75) is 13.0 Å². The number of rotatable bonds is 4. The summed E-state index contributed by atoms with van der Waals surface area (Å²) in [6.45, 7) is 1.93. The van der Waals surface area contributed by atoms with Crippen LogP contribution in [0.1, 0.15) is 22.9 Å². The number of nitrogens with one attached hydrogen (secondary N) is 2. The molecule has 0 fully saturated rings. The van der Waals surface area contributed by atoms with E-state index in [0.29, 0.717) is 11.4 Å². The maximum Gasteiger partial charge on any atom is 0.148 e. The van der Waals surface area contributed by atoms with Crippen LogP contribution in [0.3, 0.4) is 0 Å². The minimum atomic E-state index is -0.473. The first-order valence-corrected chi connectivity index (χ1v) is 8.26. The lowest BCUT2D eigenvalue weighted by molar-refractivity contribution is -0.109. The zero-order valence-electron chi connectivity index (χ0n) is 14.2. The van der Waals surface area contributed by atoms with Crippen LogP contribution in [0.15, 0.2) is 53.6 Å². The molecule has 26 heavy (non-hydrogen) atoms. The summed E-state index contributed by atoms with van der Waals surface area (Å²) in [5.74, 6) is 1.40. The Morgan fingerprint density at radius 2 is 2.00 bits per heavy atom. The van der Waals surface area contributed by atoms with Crippen molar-refractivity contribution >= 4 is 18.2 Å². The van der Waals surface area contributed by atoms with Gasteiger partial charge in [-0.15, -0.1) is 0 Å². The molecule has 0 saturated carbocycles. The summed E-state index contributed by atoms with van der Waals surface area (Å²) in [5, 5.41) is 4.11. The molecule has 1 atom stereocenters. The van der Waals surface area contributed by atoms with E-state index in [1.54, 1.807) is 12.3 Å². The first-order valence-electron chi connectivity index (χ1n) is 8.26. The minimum absolute atomic E-state index is 0.473. The lowest BCUT2D eigenvalue weighted by Crippen LogP contribution is -2.22. The number of benzene rings is 2. The lowest BCUT2D eigenvalue weighted by Gasteiger charge is -2.16. The van der Waals surface area contributed by atoms with Crippen LogP contribution >= 0.6 is 0 Å². The number of H-pyrrole nitrogens is 1. The van der Waals surface area contributed by atoms with Gasteiger partial charge in [-0.1, -0.05) is 18.2 Å². The Morgan fingerprint density at radius 3 is 2.77 bits per heavy atom. The predicted octanol–water partition coefficient (Wildman–Crippen LogP) is 3.54. The highest BCUT2D eigenvalue weighted by molar-refractivity contribution is 5.95. The SMILES string of the molecule is Cc1[nH]c(-c2cc(N)ccc2Oc2ccccc2)c2c1C(C=O)NN=C2. The number of nitrogens with zero attached hydrogens (tertiary/aromatic N) is 1. The second-order valence-corrected chi connectivity index (χ2v) is 6.12. The lowest BCUT2D eigenvalue weighted by atomic mass is 9.98. The molecule has 0 bridgehead atoms. The Morgan fingerprint density at radius 1 is 1.19 bits per heavy atom. The number of aryl methyl sites for hydroxylation is 1. The summed E-state index contributed by atoms with van der Waals surface area (Å²) in [4.78, 5) is 14.8. The molecular formula is C20H18N4O2. The van der Waals surface area contributed by atoms with Crippen LogP contribution in [0.2, 0.25) is 0 Å². The Kier molecular flexibility index (Phi) is 3.93. The van der Waals surface area contributed by atoms with E-state index in [1.807, 2.05) is 49.4 Å². The molecule has 6 nitrogen and oxygen atoms in total. The first-order chi connectivity index (χ1) is 12.7. The molecule has 0 aliphatic carbocycles. The number of aromatic amines is 1. The Hall–Kier alpha value is -3.54. The number of ether oxygens (including phenoxy) is 1. The van der Waals surface area contributed by atoms with Crippen LogP contribution in [-0.2, 0) is 4.79 Å². The fourth-order valence-corrected chi connectivity index (χ4v) is 3.20. The van der Waals surface area contributed by atoms with Gasteiger partial charge >= 0.3 is 0 Å². The number of aldehydes is 1. The molecule has 1 aliphatic heterocycles. The smallest absolute Gasteiger partial charge is 0.148 e. The number of anilines is 1. The van der Waals surface area contributed by atoms with Gasteiger partial charge in [-0.2, -0.15) is 5.10 Å². The molecule has 1 unspecified atom stereocenters. The zero-order chi connectivity index (χ0) is 18.1. The number of carbonyl (C=O) groups excluding carboxylic acids is 1. The average molecular weight is 346 g/mol. The molecule has 1 aliphatic rings. The van der Waals surface area contributed by atoms with E-state index in [4.69, 9.17) is 10.5 Å². The third kappa shape index (κ3) is 2.71. The van der Waals surface area contributed by atoms with Crippen molar-refractivity contribution in [2.75, 3.05) is 5.73 Å². The highest BCUT2D eigenvalue weighted by atomic mass is 16.5. The van der Waals surface area contributed by atoms with Crippen molar-refractivity contribution in [3.63, 3.8) is 0 Å². The quantitative estimate of drug-likeness (QED) is 0.498. The molecule has 0 amide bonds. The van der Waals surface area contributed by atoms with Gasteiger partial charge in [-0.05, 0) is 37.3 Å². The minimum Gasteiger partial charge on any atom is -0.457 e. The third-order valence-electron chi connectivity index (χ3n) is 4.37. The fraction of sp³-hybridized carbons (Fsp3) is 0.100. The number of aromatic nitrogens is 1. The van der Waals surface area contributed by atoms with Gasteiger partial charge in [0.2, 0.25) is 0 Å². The van der Waals surface area contributed by atoms with Crippen LogP contribution in [-0.4, -0.2) is 17.5 Å². The number of nitrogens with two attached hydrogens (primary N) is 1. The third-order valence-corrected chi connectivity index (χ3v) is 4.37. The van der Waals surface area contributed by atoms with Crippen molar-refractivity contribution in [2.24, 2.45) is 5.10 Å². The van der Waals surface area contributed by atoms with Gasteiger partial charge in [0, 0.05) is 28.1 Å². The Labute approximate surface area is 150 Å². The number of carbonyl (C=O) groups is 1. The second-order valence-electron chi connectivity index (χ2n) is 6.12. The number of hydrogen-bond donors (Lipinski definition) is 3. The van der Waals surface area contributed by atoms with Gasteiger partial charge in [0.05, 0.1) is 11.9 Å². The van der Waals surface area contributed by atoms with Crippen LogP contribution in [0.5, 0.6) is 11.5 Å². The summed E-state index contributed by atoms with van der Waals surface area (Å²) < 4.78 is 6.07. The van der Waals surface area contributed by atoms with Crippen molar-refractivity contribution in [1.82, 2.24) is 10.4 Å². The number of hydrazone groups is 1. The van der Waals surface area contributed by atoms with E-state index in [2.05, 4.69) is 15.5 Å². The second kappa shape index (κ2) is 6.40. The zero-order valence-corrected chi connectivity index (χ0v) is 14.2. The molecule has 3 aromatic rings. The molecular weight excluding hydrogens is 328 g/mol. The number of para-hydroxylation sites is 1. The molecule has 130 valence electrons. The van der Waals surface area contributed by atoms with Gasteiger partial charge < -0.3 is 20.2 Å². The van der Waals surface area contributed by atoms with E-state index in [-0.39, 0.29) is 0 Å². The van der Waals surface area contributed by atoms with Crippen molar-refractivity contribution in [3.8, 4) is 22.8 Å². The summed E-state index contributed by atoms with van der Waals surface area (Å²) in [6, 6.07) is 14.6. The fourth-order valence-electron chi connectivity index (χ4n) is 3.20. The van der Waals surface area contributed by atoms with E-state index in [1.165, 1.54) is 0 Å². The van der Waals surface area contributed by atoms with Crippen LogP contribution in [0.4, 0.5) is 5.69 Å². The van der Waals surface area contributed by atoms with Crippen LogP contribution < -0.4 is 15.9 Å². The maximum atomic E-state index is 11.4. The van der Waals surface area contributed by atoms with Crippen LogP contribution in [0.25, 0.3) is 11.3 Å². The summed E-state index contributed by atoms with van der Waals surface area (Å²) in [7, 11) is 0. The molecule has 2 aromatic carbocycles. The van der Waals surface area contributed by atoms with Gasteiger partial charge in [0.25, 0.3) is 0 Å². The standard InChI is InChI=1S/C20H18N4O2/c1-12-19-16(10-22-24-17(19)11-25)20(23-12)15-9-13(21)7-8-18(15)26-14-5-3-2-4-6-14/h2-11,17,23-24H,21H2,1H3. The summed E-state index contributed by atoms with van der Waals surface area (Å²) >= 11 is 0. The van der Waals surface area contributed by atoms with E-state index < -0.39 is 6.04 Å². The molecule has 4 N–H and O–H groups in total. The summed E-state index contributed by atoms with van der Waals surface area (Å²) in [6.07, 6.45) is 2.56. The largest absolute Gasteiger partial charge is 0.457 e. The molecule has 0 spiro atoms. The monoisotopic (exact) mass is 346 g/mol. The van der Waals surface area contributed by atoms with Gasteiger partial charge in [0.1, 0.15) is 23.8 Å². The highest BCUT2D eigenvalue weighted by Gasteiger charge is 2.26. The normalized spacial score (nSPS) is 15.2. The van der Waals surface area contributed by atoms with Crippen molar-refractivity contribution in [1.29, 1.82) is 0 Å². The summed E-state index contributed by atoms with van der Waals surface area (Å²) in [5.41, 5.74) is 13.8. The Balaban J connectivity index is 1.86. The average Bonchev–Trinajstić information content (AvgIpc) is 3.01. The number of hydrogen-bond acceptors (Lipinski definition) is 5. The molecule has 1 aromatic heterocycles. The van der Waals surface area contributed by atoms with E-state index in [0.717, 1.165) is 40.1 Å². The highest BCUT2D eigenvalue weighted by Crippen LogP contribution is 2.39. The van der Waals surface area contributed by atoms with Crippen LogP contribution in [0, 0.1) is 6.92 Å². The number of nitrogen functional groups attached to an aromatic ring is 1.